The number of hydrogen-bond acceptors (Lipinski definition) is 2. The lowest BCUT2D eigenvalue weighted by atomic mass is 10.2. The molecule has 0 aliphatic heterocycles. The standard InChI is InChI=1S/C14H16N2O2/c1-10(2)18-13-6-4-3-5-12(13)16-14(17)11-7-8-15-9-11/h3-10,15H,1-2H3,(H,16,17). The van der Waals surface area contributed by atoms with Gasteiger partial charge < -0.3 is 15.0 Å². The average molecular weight is 244 g/mol. The SMILES string of the molecule is CC(C)Oc1ccccc1NC(=O)c1cc[nH]c1. The summed E-state index contributed by atoms with van der Waals surface area (Å²) in [6.07, 6.45) is 3.43. The third kappa shape index (κ3) is 2.91. The molecule has 1 amide bonds. The summed E-state index contributed by atoms with van der Waals surface area (Å²) in [5.41, 5.74) is 1.27. The largest absolute Gasteiger partial charge is 0.489 e. The fourth-order valence-corrected chi connectivity index (χ4v) is 1.59. The van der Waals surface area contributed by atoms with Crippen molar-refractivity contribution in [1.29, 1.82) is 0 Å². The van der Waals surface area contributed by atoms with Crippen molar-refractivity contribution in [3.05, 3.63) is 48.3 Å². The zero-order chi connectivity index (χ0) is 13.0. The van der Waals surface area contributed by atoms with Crippen molar-refractivity contribution in [3.63, 3.8) is 0 Å². The molecule has 0 radical (unpaired) electrons. The zero-order valence-electron chi connectivity index (χ0n) is 10.4. The molecule has 2 rings (SSSR count). The molecule has 4 nitrogen and oxygen atoms in total. The quantitative estimate of drug-likeness (QED) is 0.868. The highest BCUT2D eigenvalue weighted by Crippen LogP contribution is 2.25. The number of aromatic amines is 1. The molecule has 1 heterocycles. The van der Waals surface area contributed by atoms with Crippen LogP contribution in [-0.2, 0) is 0 Å². The number of carbonyl (C=O) groups excluding carboxylic acids is 1. The maximum absolute atomic E-state index is 11.9. The molecule has 0 bridgehead atoms. The van der Waals surface area contributed by atoms with Crippen molar-refractivity contribution in [3.8, 4) is 5.75 Å². The number of anilines is 1. The number of H-pyrrole nitrogens is 1. The lowest BCUT2D eigenvalue weighted by molar-refractivity contribution is 0.102. The van der Waals surface area contributed by atoms with E-state index in [-0.39, 0.29) is 12.0 Å². The Morgan fingerprint density at radius 3 is 2.72 bits per heavy atom. The van der Waals surface area contributed by atoms with Crippen LogP contribution in [0.2, 0.25) is 0 Å². The molecule has 0 aliphatic carbocycles. The van der Waals surface area contributed by atoms with Gasteiger partial charge in [0.25, 0.3) is 5.91 Å². The molecular weight excluding hydrogens is 228 g/mol. The van der Waals surface area contributed by atoms with Crippen molar-refractivity contribution in [1.82, 2.24) is 4.98 Å². The number of nitrogens with one attached hydrogen (secondary N) is 2. The Bertz CT molecular complexity index is 518. The lowest BCUT2D eigenvalue weighted by Gasteiger charge is -2.14. The van der Waals surface area contributed by atoms with Gasteiger partial charge in [-0.15, -0.1) is 0 Å². The van der Waals surface area contributed by atoms with Gasteiger partial charge in [-0.3, -0.25) is 4.79 Å². The Morgan fingerprint density at radius 1 is 1.28 bits per heavy atom. The maximum Gasteiger partial charge on any atom is 0.257 e. The van der Waals surface area contributed by atoms with E-state index in [2.05, 4.69) is 10.3 Å². The Kier molecular flexibility index (Phi) is 3.67. The van der Waals surface area contributed by atoms with Gasteiger partial charge in [0.1, 0.15) is 5.75 Å². The minimum Gasteiger partial charge on any atom is -0.489 e. The molecule has 94 valence electrons. The van der Waals surface area contributed by atoms with Crippen LogP contribution in [0.25, 0.3) is 0 Å². The third-order valence-corrected chi connectivity index (χ3v) is 2.36. The summed E-state index contributed by atoms with van der Waals surface area (Å²) in [6, 6.07) is 9.12. The van der Waals surface area contributed by atoms with E-state index in [1.807, 2.05) is 38.1 Å². The van der Waals surface area contributed by atoms with E-state index >= 15 is 0 Å². The molecule has 0 unspecified atom stereocenters. The topological polar surface area (TPSA) is 54.1 Å². The fourth-order valence-electron chi connectivity index (χ4n) is 1.59. The number of para-hydroxylation sites is 2. The first-order valence-corrected chi connectivity index (χ1v) is 5.86. The molecule has 18 heavy (non-hydrogen) atoms. The lowest BCUT2D eigenvalue weighted by Crippen LogP contribution is -2.13. The van der Waals surface area contributed by atoms with Crippen LogP contribution in [0.1, 0.15) is 24.2 Å². The third-order valence-electron chi connectivity index (χ3n) is 2.36. The van der Waals surface area contributed by atoms with Crippen molar-refractivity contribution >= 4 is 11.6 Å². The van der Waals surface area contributed by atoms with Crippen LogP contribution < -0.4 is 10.1 Å². The van der Waals surface area contributed by atoms with E-state index in [0.717, 1.165) is 0 Å². The number of benzene rings is 1. The van der Waals surface area contributed by atoms with Gasteiger partial charge in [-0.05, 0) is 32.0 Å². The van der Waals surface area contributed by atoms with Gasteiger partial charge in [0.2, 0.25) is 0 Å². The molecule has 4 heteroatoms. The maximum atomic E-state index is 11.9. The number of ether oxygens (including phenoxy) is 1. The number of aromatic nitrogens is 1. The van der Waals surface area contributed by atoms with Crippen molar-refractivity contribution in [2.75, 3.05) is 5.32 Å². The fraction of sp³-hybridized carbons (Fsp3) is 0.214. The van der Waals surface area contributed by atoms with Gasteiger partial charge in [0, 0.05) is 12.4 Å². The monoisotopic (exact) mass is 244 g/mol. The van der Waals surface area contributed by atoms with Gasteiger partial charge >= 0.3 is 0 Å². The average Bonchev–Trinajstić information content (AvgIpc) is 2.84. The summed E-state index contributed by atoms with van der Waals surface area (Å²) in [5, 5.41) is 2.83. The second kappa shape index (κ2) is 5.40. The summed E-state index contributed by atoms with van der Waals surface area (Å²) in [6.45, 7) is 3.90. The van der Waals surface area contributed by atoms with Crippen molar-refractivity contribution in [2.24, 2.45) is 0 Å². The molecule has 0 saturated heterocycles. The Morgan fingerprint density at radius 2 is 2.06 bits per heavy atom. The molecule has 0 saturated carbocycles. The molecule has 1 aromatic carbocycles. The Labute approximate surface area is 106 Å². The molecule has 1 aromatic heterocycles. The van der Waals surface area contributed by atoms with Crippen LogP contribution in [0.15, 0.2) is 42.7 Å². The summed E-state index contributed by atoms with van der Waals surface area (Å²) in [4.78, 5) is 14.8. The van der Waals surface area contributed by atoms with Gasteiger partial charge in [0.15, 0.2) is 0 Å². The van der Waals surface area contributed by atoms with Crippen LogP contribution in [0.3, 0.4) is 0 Å². The summed E-state index contributed by atoms with van der Waals surface area (Å²) in [7, 11) is 0. The molecule has 0 aliphatic rings. The van der Waals surface area contributed by atoms with Gasteiger partial charge in [0.05, 0.1) is 17.4 Å². The minimum absolute atomic E-state index is 0.0651. The van der Waals surface area contributed by atoms with Crippen LogP contribution in [0.5, 0.6) is 5.75 Å². The molecule has 2 N–H and O–H groups in total. The molecule has 0 atom stereocenters. The first kappa shape index (κ1) is 12.2. The predicted molar refractivity (Wildman–Crippen MR) is 71.0 cm³/mol. The van der Waals surface area contributed by atoms with E-state index in [4.69, 9.17) is 4.74 Å². The molecule has 0 fully saturated rings. The van der Waals surface area contributed by atoms with Crippen LogP contribution in [0.4, 0.5) is 5.69 Å². The summed E-state index contributed by atoms with van der Waals surface area (Å²) < 4.78 is 5.64. The molecular formula is C14H16N2O2. The summed E-state index contributed by atoms with van der Waals surface area (Å²) in [5.74, 6) is 0.521. The van der Waals surface area contributed by atoms with E-state index in [1.54, 1.807) is 18.5 Å². The van der Waals surface area contributed by atoms with E-state index in [0.29, 0.717) is 17.0 Å². The van der Waals surface area contributed by atoms with Crippen molar-refractivity contribution in [2.45, 2.75) is 20.0 Å². The van der Waals surface area contributed by atoms with Gasteiger partial charge in [-0.25, -0.2) is 0 Å². The highest BCUT2D eigenvalue weighted by atomic mass is 16.5. The molecule has 0 spiro atoms. The second-order valence-corrected chi connectivity index (χ2v) is 4.22. The van der Waals surface area contributed by atoms with Crippen LogP contribution >= 0.6 is 0 Å². The first-order valence-electron chi connectivity index (χ1n) is 5.86. The highest BCUT2D eigenvalue weighted by Gasteiger charge is 2.10. The van der Waals surface area contributed by atoms with Gasteiger partial charge in [-0.2, -0.15) is 0 Å². The van der Waals surface area contributed by atoms with Gasteiger partial charge in [-0.1, -0.05) is 12.1 Å². The number of amides is 1. The Balaban J connectivity index is 2.16. The van der Waals surface area contributed by atoms with E-state index < -0.39 is 0 Å². The number of hydrogen-bond donors (Lipinski definition) is 2. The first-order chi connectivity index (χ1) is 8.66. The zero-order valence-corrected chi connectivity index (χ0v) is 10.4. The smallest absolute Gasteiger partial charge is 0.257 e. The molecule has 2 aromatic rings. The minimum atomic E-state index is -0.156. The Hall–Kier alpha value is -2.23. The van der Waals surface area contributed by atoms with E-state index in [9.17, 15) is 4.79 Å². The number of rotatable bonds is 4. The predicted octanol–water partition coefficient (Wildman–Crippen LogP) is 3.05. The van der Waals surface area contributed by atoms with Crippen molar-refractivity contribution < 1.29 is 9.53 Å². The van der Waals surface area contributed by atoms with E-state index in [1.165, 1.54) is 0 Å². The number of carbonyl (C=O) groups is 1. The summed E-state index contributed by atoms with van der Waals surface area (Å²) >= 11 is 0. The van der Waals surface area contributed by atoms with Crippen LogP contribution in [-0.4, -0.2) is 17.0 Å². The normalized spacial score (nSPS) is 10.4. The highest BCUT2D eigenvalue weighted by molar-refractivity contribution is 6.04. The van der Waals surface area contributed by atoms with Crippen LogP contribution in [0, 0.1) is 0 Å². The second-order valence-electron chi connectivity index (χ2n) is 4.22.